The van der Waals surface area contributed by atoms with Gasteiger partial charge >= 0.3 is 0 Å². The highest BCUT2D eigenvalue weighted by Gasteiger charge is 2.35. The Morgan fingerprint density at radius 1 is 0.871 bits per heavy atom. The number of likely N-dealkylation sites (tertiary alicyclic amines) is 1. The maximum atomic E-state index is 13.4. The average molecular weight is 427 g/mol. The SMILES string of the molecule is O=C(C1CCCCC1)N1CCCC[C@H]1c1nc2c(c(=O)[nH]1)CCN(C1CCCCC1)C2. The molecule has 6 nitrogen and oxygen atoms in total. The lowest BCUT2D eigenvalue weighted by Crippen LogP contribution is -2.45. The first-order valence-electron chi connectivity index (χ1n) is 12.9. The van der Waals surface area contributed by atoms with Crippen molar-refractivity contribution in [3.05, 3.63) is 27.4 Å². The summed E-state index contributed by atoms with van der Waals surface area (Å²) < 4.78 is 0. The number of nitrogens with zero attached hydrogens (tertiary/aromatic N) is 3. The van der Waals surface area contributed by atoms with Crippen LogP contribution in [0.1, 0.15) is 107 Å². The first-order chi connectivity index (χ1) is 15.2. The summed E-state index contributed by atoms with van der Waals surface area (Å²) in [5, 5.41) is 0. The molecule has 31 heavy (non-hydrogen) atoms. The lowest BCUT2D eigenvalue weighted by atomic mass is 9.87. The number of amides is 1. The summed E-state index contributed by atoms with van der Waals surface area (Å²) in [6.07, 6.45) is 16.0. The average Bonchev–Trinajstić information content (AvgIpc) is 2.84. The van der Waals surface area contributed by atoms with E-state index in [1.54, 1.807) is 0 Å². The van der Waals surface area contributed by atoms with Crippen LogP contribution in [0.4, 0.5) is 0 Å². The van der Waals surface area contributed by atoms with Gasteiger partial charge in [-0.3, -0.25) is 14.5 Å². The van der Waals surface area contributed by atoms with E-state index in [9.17, 15) is 9.59 Å². The van der Waals surface area contributed by atoms with Gasteiger partial charge in [0.05, 0.1) is 11.7 Å². The maximum Gasteiger partial charge on any atom is 0.254 e. The number of aromatic amines is 1. The Kier molecular flexibility index (Phi) is 6.44. The molecule has 2 aliphatic heterocycles. The molecule has 2 aliphatic carbocycles. The Hall–Kier alpha value is -1.69. The predicted molar refractivity (Wildman–Crippen MR) is 121 cm³/mol. The number of carbonyl (C=O) groups excluding carboxylic acids is 1. The van der Waals surface area contributed by atoms with Gasteiger partial charge in [-0.2, -0.15) is 0 Å². The zero-order chi connectivity index (χ0) is 21.2. The molecular weight excluding hydrogens is 388 g/mol. The van der Waals surface area contributed by atoms with Crippen molar-refractivity contribution >= 4 is 5.91 Å². The predicted octanol–water partition coefficient (Wildman–Crippen LogP) is 4.09. The van der Waals surface area contributed by atoms with E-state index in [-0.39, 0.29) is 17.5 Å². The monoisotopic (exact) mass is 426 g/mol. The number of aromatic nitrogens is 2. The van der Waals surface area contributed by atoms with Crippen LogP contribution < -0.4 is 5.56 Å². The molecule has 0 unspecified atom stereocenters. The van der Waals surface area contributed by atoms with E-state index in [1.807, 2.05) is 0 Å². The molecule has 1 aromatic rings. The molecule has 0 radical (unpaired) electrons. The van der Waals surface area contributed by atoms with Gasteiger partial charge in [0, 0.05) is 37.2 Å². The number of hydrogen-bond donors (Lipinski definition) is 1. The fourth-order valence-electron chi connectivity index (χ4n) is 6.46. The molecule has 1 N–H and O–H groups in total. The van der Waals surface area contributed by atoms with Gasteiger partial charge in [0.15, 0.2) is 0 Å². The topological polar surface area (TPSA) is 69.3 Å². The second-order valence-corrected chi connectivity index (χ2v) is 10.3. The number of fused-ring (bicyclic) bond motifs is 1. The zero-order valence-electron chi connectivity index (χ0n) is 18.9. The van der Waals surface area contributed by atoms with E-state index in [1.165, 1.54) is 51.4 Å². The summed E-state index contributed by atoms with van der Waals surface area (Å²) in [5.74, 6) is 1.20. The van der Waals surface area contributed by atoms with Crippen LogP contribution in [-0.2, 0) is 17.8 Å². The van der Waals surface area contributed by atoms with Crippen LogP contribution in [0, 0.1) is 5.92 Å². The van der Waals surface area contributed by atoms with Crippen molar-refractivity contribution in [2.75, 3.05) is 13.1 Å². The summed E-state index contributed by atoms with van der Waals surface area (Å²) in [4.78, 5) is 39.1. The van der Waals surface area contributed by atoms with E-state index in [0.717, 1.165) is 75.2 Å². The summed E-state index contributed by atoms with van der Waals surface area (Å²) in [7, 11) is 0. The van der Waals surface area contributed by atoms with Crippen LogP contribution >= 0.6 is 0 Å². The largest absolute Gasteiger partial charge is 0.332 e. The molecule has 5 rings (SSSR count). The van der Waals surface area contributed by atoms with Crippen LogP contribution in [0.5, 0.6) is 0 Å². The van der Waals surface area contributed by atoms with Gasteiger partial charge in [-0.25, -0.2) is 4.98 Å². The molecule has 0 bridgehead atoms. The van der Waals surface area contributed by atoms with Crippen molar-refractivity contribution in [2.24, 2.45) is 5.92 Å². The van der Waals surface area contributed by atoms with Gasteiger partial charge in [-0.05, 0) is 51.4 Å². The molecule has 1 aromatic heterocycles. The molecule has 170 valence electrons. The highest BCUT2D eigenvalue weighted by atomic mass is 16.2. The van der Waals surface area contributed by atoms with Gasteiger partial charge in [-0.15, -0.1) is 0 Å². The summed E-state index contributed by atoms with van der Waals surface area (Å²) in [6.45, 7) is 2.56. The molecule has 6 heteroatoms. The number of H-pyrrole nitrogens is 1. The first-order valence-corrected chi connectivity index (χ1v) is 12.9. The number of hydrogen-bond acceptors (Lipinski definition) is 4. The molecule has 1 atom stereocenters. The molecule has 4 aliphatic rings. The van der Waals surface area contributed by atoms with Crippen molar-refractivity contribution in [3.8, 4) is 0 Å². The van der Waals surface area contributed by atoms with Crippen molar-refractivity contribution in [1.29, 1.82) is 0 Å². The summed E-state index contributed by atoms with van der Waals surface area (Å²) >= 11 is 0. The fourth-order valence-corrected chi connectivity index (χ4v) is 6.46. The second-order valence-electron chi connectivity index (χ2n) is 10.3. The molecular formula is C25H38N4O2. The highest BCUT2D eigenvalue weighted by molar-refractivity contribution is 5.79. The Bertz CT molecular complexity index is 838. The normalized spacial score (nSPS) is 26.6. The van der Waals surface area contributed by atoms with Gasteiger partial charge in [0.1, 0.15) is 5.82 Å². The molecule has 1 amide bonds. The van der Waals surface area contributed by atoms with Gasteiger partial charge < -0.3 is 9.88 Å². The smallest absolute Gasteiger partial charge is 0.254 e. The van der Waals surface area contributed by atoms with Crippen LogP contribution in [0.25, 0.3) is 0 Å². The van der Waals surface area contributed by atoms with E-state index >= 15 is 0 Å². The Morgan fingerprint density at radius 2 is 1.58 bits per heavy atom. The summed E-state index contributed by atoms with van der Waals surface area (Å²) in [5.41, 5.74) is 1.86. The number of piperidine rings is 1. The Labute approximate surface area is 185 Å². The van der Waals surface area contributed by atoms with Gasteiger partial charge in [-0.1, -0.05) is 38.5 Å². The first kappa shape index (κ1) is 21.2. The van der Waals surface area contributed by atoms with Crippen molar-refractivity contribution < 1.29 is 4.79 Å². The minimum absolute atomic E-state index is 0.0268. The van der Waals surface area contributed by atoms with Crippen molar-refractivity contribution in [3.63, 3.8) is 0 Å². The Morgan fingerprint density at radius 3 is 2.35 bits per heavy atom. The number of carbonyl (C=O) groups is 1. The van der Waals surface area contributed by atoms with Gasteiger partial charge in [0.2, 0.25) is 5.91 Å². The lowest BCUT2D eigenvalue weighted by Gasteiger charge is -2.39. The molecule has 0 aromatic carbocycles. The van der Waals surface area contributed by atoms with Crippen LogP contribution in [0.15, 0.2) is 4.79 Å². The lowest BCUT2D eigenvalue weighted by molar-refractivity contribution is -0.140. The van der Waals surface area contributed by atoms with Crippen LogP contribution in [-0.4, -0.2) is 44.8 Å². The van der Waals surface area contributed by atoms with Crippen LogP contribution in [0.2, 0.25) is 0 Å². The Balaban J connectivity index is 1.38. The molecule has 3 heterocycles. The maximum absolute atomic E-state index is 13.4. The minimum atomic E-state index is -0.0637. The summed E-state index contributed by atoms with van der Waals surface area (Å²) in [6, 6.07) is 0.580. The standard InChI is InChI=1S/C25H38N4O2/c30-24-20-14-16-28(19-11-5-2-6-12-19)17-21(20)26-23(27-24)22-13-7-8-15-29(22)25(31)18-9-3-1-4-10-18/h18-19,22H,1-17H2,(H,26,27,30)/t22-/m0/s1. The zero-order valence-corrected chi connectivity index (χ0v) is 18.9. The van der Waals surface area contributed by atoms with E-state index in [2.05, 4.69) is 14.8 Å². The molecule has 2 saturated carbocycles. The van der Waals surface area contributed by atoms with E-state index in [4.69, 9.17) is 4.98 Å². The number of rotatable bonds is 3. The quantitative estimate of drug-likeness (QED) is 0.790. The van der Waals surface area contributed by atoms with Crippen molar-refractivity contribution in [2.45, 2.75) is 109 Å². The third kappa shape index (κ3) is 4.46. The highest BCUT2D eigenvalue weighted by Crippen LogP contribution is 2.34. The van der Waals surface area contributed by atoms with Crippen LogP contribution in [0.3, 0.4) is 0 Å². The third-order valence-corrected chi connectivity index (χ3v) is 8.27. The molecule has 3 fully saturated rings. The fraction of sp³-hybridized carbons (Fsp3) is 0.800. The van der Waals surface area contributed by atoms with E-state index < -0.39 is 0 Å². The molecule has 1 saturated heterocycles. The molecule has 0 spiro atoms. The number of nitrogens with one attached hydrogen (secondary N) is 1. The minimum Gasteiger partial charge on any atom is -0.332 e. The van der Waals surface area contributed by atoms with E-state index in [0.29, 0.717) is 11.9 Å². The third-order valence-electron chi connectivity index (χ3n) is 8.27. The van der Waals surface area contributed by atoms with Crippen molar-refractivity contribution in [1.82, 2.24) is 19.8 Å². The van der Waals surface area contributed by atoms with Gasteiger partial charge in [0.25, 0.3) is 5.56 Å². The second kappa shape index (κ2) is 9.43.